The summed E-state index contributed by atoms with van der Waals surface area (Å²) in [6.07, 6.45) is 2.55. The van der Waals surface area contributed by atoms with Gasteiger partial charge in [0, 0.05) is 13.0 Å². The summed E-state index contributed by atoms with van der Waals surface area (Å²) in [5, 5.41) is 22.9. The molecule has 1 heterocycles. The molecule has 0 radical (unpaired) electrons. The van der Waals surface area contributed by atoms with Crippen LogP contribution < -0.4 is 16.4 Å². The van der Waals surface area contributed by atoms with Crippen molar-refractivity contribution in [1.29, 1.82) is 0 Å². The van der Waals surface area contributed by atoms with Crippen LogP contribution in [0.3, 0.4) is 0 Å². The molecule has 3 amide bonds. The summed E-state index contributed by atoms with van der Waals surface area (Å²) in [7, 11) is 0. The molecule has 0 aromatic rings. The van der Waals surface area contributed by atoms with Gasteiger partial charge in [0.05, 0.1) is 12.6 Å². The molecule has 1 saturated heterocycles. The van der Waals surface area contributed by atoms with Gasteiger partial charge in [-0.1, -0.05) is 0 Å². The van der Waals surface area contributed by atoms with E-state index in [2.05, 4.69) is 10.6 Å². The topological polar surface area (TPSA) is 179 Å². The number of thioether (sulfide) groups is 1. The maximum absolute atomic E-state index is 12.7. The monoisotopic (exact) mass is 432 g/mol. The van der Waals surface area contributed by atoms with Gasteiger partial charge in [-0.15, -0.1) is 0 Å². The largest absolute Gasteiger partial charge is 0.481 e. The van der Waals surface area contributed by atoms with Crippen molar-refractivity contribution in [3.05, 3.63) is 0 Å². The molecule has 1 rings (SSSR count). The maximum Gasteiger partial charge on any atom is 0.326 e. The summed E-state index contributed by atoms with van der Waals surface area (Å²) in [5.41, 5.74) is 5.71. The molecule has 0 aliphatic carbocycles. The molecule has 0 saturated carbocycles. The molecule has 6 N–H and O–H groups in total. The molecule has 0 bridgehead atoms. The second-order valence-corrected chi connectivity index (χ2v) is 7.67. The van der Waals surface area contributed by atoms with Gasteiger partial charge in [0.15, 0.2) is 0 Å². The van der Waals surface area contributed by atoms with Crippen molar-refractivity contribution in [1.82, 2.24) is 15.5 Å². The predicted molar refractivity (Wildman–Crippen MR) is 105 cm³/mol. The maximum atomic E-state index is 12.7. The van der Waals surface area contributed by atoms with Gasteiger partial charge < -0.3 is 31.5 Å². The van der Waals surface area contributed by atoms with E-state index in [9.17, 15) is 29.1 Å². The first kappa shape index (κ1) is 24.7. The molecule has 0 spiro atoms. The number of hydrogen-bond acceptors (Lipinski definition) is 7. The number of rotatable bonds is 12. The quantitative estimate of drug-likeness (QED) is 0.248. The van der Waals surface area contributed by atoms with Gasteiger partial charge >= 0.3 is 11.9 Å². The second-order valence-electron chi connectivity index (χ2n) is 6.69. The zero-order valence-corrected chi connectivity index (χ0v) is 17.1. The lowest BCUT2D eigenvalue weighted by atomic mass is 10.1. The van der Waals surface area contributed by atoms with Crippen molar-refractivity contribution in [2.45, 2.75) is 50.2 Å². The third kappa shape index (κ3) is 8.28. The Morgan fingerprint density at radius 2 is 1.90 bits per heavy atom. The summed E-state index contributed by atoms with van der Waals surface area (Å²) in [4.78, 5) is 60.1. The van der Waals surface area contributed by atoms with Crippen LogP contribution in [0.2, 0.25) is 0 Å². The molecule has 1 aliphatic rings. The summed E-state index contributed by atoms with van der Waals surface area (Å²) >= 11 is 1.53. The van der Waals surface area contributed by atoms with E-state index in [4.69, 9.17) is 10.8 Å². The fraction of sp³-hybridized carbons (Fsp3) is 0.706. The number of amides is 3. The number of nitrogens with two attached hydrogens (primary N) is 1. The highest BCUT2D eigenvalue weighted by molar-refractivity contribution is 7.98. The fourth-order valence-corrected chi connectivity index (χ4v) is 3.42. The Balaban J connectivity index is 2.68. The number of carbonyl (C=O) groups is 5. The van der Waals surface area contributed by atoms with Crippen molar-refractivity contribution >= 4 is 41.4 Å². The van der Waals surface area contributed by atoms with Crippen LogP contribution in [-0.4, -0.2) is 88.0 Å². The van der Waals surface area contributed by atoms with E-state index in [-0.39, 0.29) is 19.4 Å². The fourth-order valence-electron chi connectivity index (χ4n) is 2.93. The molecule has 3 atom stereocenters. The van der Waals surface area contributed by atoms with Gasteiger partial charge in [-0.3, -0.25) is 19.2 Å². The number of carbonyl (C=O) groups excluding carboxylic acids is 3. The third-order valence-electron chi connectivity index (χ3n) is 4.49. The smallest absolute Gasteiger partial charge is 0.326 e. The number of carboxylic acids is 2. The van der Waals surface area contributed by atoms with Gasteiger partial charge in [-0.25, -0.2) is 4.79 Å². The van der Waals surface area contributed by atoms with E-state index < -0.39 is 54.3 Å². The molecule has 0 aromatic carbocycles. The van der Waals surface area contributed by atoms with Crippen LogP contribution in [0.4, 0.5) is 0 Å². The van der Waals surface area contributed by atoms with Crippen LogP contribution in [0, 0.1) is 0 Å². The van der Waals surface area contributed by atoms with Crippen molar-refractivity contribution in [3.63, 3.8) is 0 Å². The highest BCUT2D eigenvalue weighted by Crippen LogP contribution is 2.19. The lowest BCUT2D eigenvalue weighted by Gasteiger charge is -2.27. The van der Waals surface area contributed by atoms with Crippen LogP contribution in [0.5, 0.6) is 0 Å². The van der Waals surface area contributed by atoms with Crippen LogP contribution in [0.15, 0.2) is 0 Å². The van der Waals surface area contributed by atoms with Gasteiger partial charge in [0.1, 0.15) is 12.1 Å². The van der Waals surface area contributed by atoms with E-state index >= 15 is 0 Å². The number of likely N-dealkylation sites (tertiary alicyclic amines) is 1. The van der Waals surface area contributed by atoms with E-state index in [1.54, 1.807) is 0 Å². The van der Waals surface area contributed by atoms with Crippen molar-refractivity contribution in [2.75, 3.05) is 25.1 Å². The zero-order chi connectivity index (χ0) is 22.0. The normalized spacial score (nSPS) is 18.0. The average molecular weight is 432 g/mol. The summed E-state index contributed by atoms with van der Waals surface area (Å²) < 4.78 is 0. The Morgan fingerprint density at radius 1 is 1.21 bits per heavy atom. The Hall–Kier alpha value is -2.34. The number of nitrogens with zero attached hydrogens (tertiary/aromatic N) is 1. The minimum atomic E-state index is -1.19. The minimum absolute atomic E-state index is 0.191. The van der Waals surface area contributed by atoms with Gasteiger partial charge in [0.2, 0.25) is 17.7 Å². The lowest BCUT2D eigenvalue weighted by Crippen LogP contribution is -2.53. The van der Waals surface area contributed by atoms with E-state index in [0.29, 0.717) is 25.0 Å². The van der Waals surface area contributed by atoms with Gasteiger partial charge in [0.25, 0.3) is 0 Å². The Bertz CT molecular complexity index is 631. The molecular formula is C17H28N4O7S. The molecule has 12 heteroatoms. The predicted octanol–water partition coefficient (Wildman–Crippen LogP) is -1.39. The van der Waals surface area contributed by atoms with Crippen molar-refractivity contribution < 1.29 is 34.2 Å². The standard InChI is InChI=1S/C17H28N4O7S/c1-29-8-6-10(18)15(25)19-9-13(22)20-11(4-5-14(23)24)16(26)21-7-2-3-12(21)17(27)28/h10-12H,2-9,18H2,1H3,(H,19,25)(H,20,22)(H,23,24)(H,27,28). The van der Waals surface area contributed by atoms with E-state index in [1.165, 1.54) is 11.8 Å². The summed E-state index contributed by atoms with van der Waals surface area (Å²) in [6, 6.07) is -2.96. The van der Waals surface area contributed by atoms with Crippen LogP contribution in [-0.2, 0) is 24.0 Å². The van der Waals surface area contributed by atoms with E-state index in [0.717, 1.165) is 4.90 Å². The molecule has 11 nitrogen and oxygen atoms in total. The van der Waals surface area contributed by atoms with Gasteiger partial charge in [-0.2, -0.15) is 11.8 Å². The highest BCUT2D eigenvalue weighted by Gasteiger charge is 2.37. The number of hydrogen-bond donors (Lipinski definition) is 5. The average Bonchev–Trinajstić information content (AvgIpc) is 3.16. The first-order chi connectivity index (χ1) is 13.7. The van der Waals surface area contributed by atoms with E-state index in [1.807, 2.05) is 6.26 Å². The minimum Gasteiger partial charge on any atom is -0.481 e. The second kappa shape index (κ2) is 12.3. The molecule has 3 unspecified atom stereocenters. The molecule has 164 valence electrons. The Kier molecular flexibility index (Phi) is 10.5. The van der Waals surface area contributed by atoms with Crippen LogP contribution in [0.25, 0.3) is 0 Å². The highest BCUT2D eigenvalue weighted by atomic mass is 32.2. The molecular weight excluding hydrogens is 404 g/mol. The van der Waals surface area contributed by atoms with Crippen molar-refractivity contribution in [3.8, 4) is 0 Å². The zero-order valence-electron chi connectivity index (χ0n) is 16.3. The summed E-state index contributed by atoms with van der Waals surface area (Å²) in [6.45, 7) is -0.207. The van der Waals surface area contributed by atoms with Gasteiger partial charge in [-0.05, 0) is 37.7 Å². The molecule has 0 aromatic heterocycles. The number of nitrogens with one attached hydrogen (secondary N) is 2. The Morgan fingerprint density at radius 3 is 2.48 bits per heavy atom. The SMILES string of the molecule is CSCCC(N)C(=O)NCC(=O)NC(CCC(=O)O)C(=O)N1CCCC1C(=O)O. The van der Waals surface area contributed by atoms with Crippen molar-refractivity contribution in [2.24, 2.45) is 5.73 Å². The Labute approximate surface area is 172 Å². The van der Waals surface area contributed by atoms with Crippen LogP contribution >= 0.6 is 11.8 Å². The summed E-state index contributed by atoms with van der Waals surface area (Å²) in [5.74, 6) is -3.45. The lowest BCUT2D eigenvalue weighted by molar-refractivity contribution is -0.149. The first-order valence-corrected chi connectivity index (χ1v) is 10.6. The first-order valence-electron chi connectivity index (χ1n) is 9.24. The molecule has 1 fully saturated rings. The van der Waals surface area contributed by atoms with Crippen LogP contribution in [0.1, 0.15) is 32.1 Å². The molecule has 1 aliphatic heterocycles. The third-order valence-corrected chi connectivity index (χ3v) is 5.14. The number of carboxylic acid groups (broad SMARTS) is 2. The number of aliphatic carboxylic acids is 2. The molecule has 29 heavy (non-hydrogen) atoms.